The Kier molecular flexibility index (Phi) is 3.27. The zero-order chi connectivity index (χ0) is 15.9. The third-order valence-electron chi connectivity index (χ3n) is 4.26. The standard InChI is InChI=1S/C15H18N4O3/c1-15(14(21)22)5-8-19(10-15)13(20)11-9-16-17(2)12(11)18-6-3-4-7-18/h3-4,6-7,9H,5,8,10H2,1-2H3,(H,21,22)/t15-/m1/s1. The summed E-state index contributed by atoms with van der Waals surface area (Å²) in [4.78, 5) is 25.7. The van der Waals surface area contributed by atoms with Gasteiger partial charge in [-0.3, -0.25) is 14.3 Å². The molecule has 1 fully saturated rings. The number of amides is 1. The van der Waals surface area contributed by atoms with Gasteiger partial charge in [0.2, 0.25) is 0 Å². The first-order valence-electron chi connectivity index (χ1n) is 7.10. The molecule has 0 radical (unpaired) electrons. The molecule has 3 rings (SSSR count). The van der Waals surface area contributed by atoms with E-state index in [1.54, 1.807) is 23.6 Å². The van der Waals surface area contributed by atoms with Crippen LogP contribution < -0.4 is 0 Å². The number of carbonyl (C=O) groups is 2. The number of aliphatic carboxylic acids is 1. The van der Waals surface area contributed by atoms with Gasteiger partial charge in [0.05, 0.1) is 11.6 Å². The average molecular weight is 302 g/mol. The molecule has 1 aliphatic rings. The van der Waals surface area contributed by atoms with Crippen LogP contribution in [0.15, 0.2) is 30.7 Å². The molecule has 22 heavy (non-hydrogen) atoms. The molecule has 3 heterocycles. The number of aryl methyl sites for hydroxylation is 1. The fourth-order valence-electron chi connectivity index (χ4n) is 2.84. The van der Waals surface area contributed by atoms with Crippen molar-refractivity contribution in [3.05, 3.63) is 36.3 Å². The lowest BCUT2D eigenvalue weighted by atomic mass is 9.90. The minimum atomic E-state index is -0.870. The van der Waals surface area contributed by atoms with E-state index >= 15 is 0 Å². The molecule has 1 aliphatic heterocycles. The van der Waals surface area contributed by atoms with Crippen LogP contribution in [0.1, 0.15) is 23.7 Å². The van der Waals surface area contributed by atoms with Gasteiger partial charge in [-0.15, -0.1) is 0 Å². The van der Waals surface area contributed by atoms with E-state index in [1.807, 2.05) is 29.1 Å². The van der Waals surface area contributed by atoms with Gasteiger partial charge in [0.1, 0.15) is 11.4 Å². The molecule has 1 N–H and O–H groups in total. The lowest BCUT2D eigenvalue weighted by Crippen LogP contribution is -2.35. The summed E-state index contributed by atoms with van der Waals surface area (Å²) < 4.78 is 3.46. The van der Waals surface area contributed by atoms with Crippen LogP contribution in [-0.2, 0) is 11.8 Å². The maximum absolute atomic E-state index is 12.8. The maximum atomic E-state index is 12.8. The summed E-state index contributed by atoms with van der Waals surface area (Å²) in [5.74, 6) is -0.361. The zero-order valence-corrected chi connectivity index (χ0v) is 12.6. The fourth-order valence-corrected chi connectivity index (χ4v) is 2.84. The molecule has 1 atom stereocenters. The number of carboxylic acid groups (broad SMARTS) is 1. The number of aromatic nitrogens is 3. The summed E-state index contributed by atoms with van der Waals surface area (Å²) in [6.45, 7) is 2.35. The fraction of sp³-hybridized carbons (Fsp3) is 0.400. The van der Waals surface area contributed by atoms with Crippen molar-refractivity contribution in [3.63, 3.8) is 0 Å². The molecular formula is C15H18N4O3. The predicted octanol–water partition coefficient (Wildman–Crippen LogP) is 1.15. The van der Waals surface area contributed by atoms with Gasteiger partial charge in [0, 0.05) is 32.5 Å². The van der Waals surface area contributed by atoms with Gasteiger partial charge < -0.3 is 14.6 Å². The highest BCUT2D eigenvalue weighted by Gasteiger charge is 2.42. The van der Waals surface area contributed by atoms with Crippen LogP contribution in [0.4, 0.5) is 0 Å². The number of carbonyl (C=O) groups excluding carboxylic acids is 1. The van der Waals surface area contributed by atoms with Crippen molar-refractivity contribution in [2.45, 2.75) is 13.3 Å². The molecule has 7 heteroatoms. The highest BCUT2D eigenvalue weighted by Crippen LogP contribution is 2.31. The summed E-state index contributed by atoms with van der Waals surface area (Å²) in [5.41, 5.74) is -0.390. The van der Waals surface area contributed by atoms with Crippen molar-refractivity contribution in [2.24, 2.45) is 12.5 Å². The molecule has 116 valence electrons. The lowest BCUT2D eigenvalue weighted by Gasteiger charge is -2.20. The Bertz CT molecular complexity index is 719. The average Bonchev–Trinajstić information content (AvgIpc) is 3.17. The zero-order valence-electron chi connectivity index (χ0n) is 12.6. The van der Waals surface area contributed by atoms with E-state index in [-0.39, 0.29) is 12.5 Å². The molecule has 0 spiro atoms. The molecule has 1 saturated heterocycles. The van der Waals surface area contributed by atoms with Gasteiger partial charge >= 0.3 is 5.97 Å². The van der Waals surface area contributed by atoms with E-state index in [4.69, 9.17) is 0 Å². The first-order valence-corrected chi connectivity index (χ1v) is 7.10. The van der Waals surface area contributed by atoms with Crippen molar-refractivity contribution in [1.82, 2.24) is 19.2 Å². The normalized spacial score (nSPS) is 21.3. The van der Waals surface area contributed by atoms with Gasteiger partial charge in [-0.25, -0.2) is 0 Å². The predicted molar refractivity (Wildman–Crippen MR) is 78.8 cm³/mol. The van der Waals surface area contributed by atoms with Gasteiger partial charge in [-0.2, -0.15) is 5.10 Å². The smallest absolute Gasteiger partial charge is 0.311 e. The van der Waals surface area contributed by atoms with E-state index in [9.17, 15) is 14.7 Å². The monoisotopic (exact) mass is 302 g/mol. The van der Waals surface area contributed by atoms with Gasteiger partial charge in [0.25, 0.3) is 5.91 Å². The SMILES string of the molecule is Cn1ncc(C(=O)N2CC[C@@](C)(C(=O)O)C2)c1-n1cccc1. The number of carboxylic acids is 1. The Hall–Kier alpha value is -2.57. The molecule has 2 aromatic heterocycles. The van der Waals surface area contributed by atoms with Crippen LogP contribution in [0.25, 0.3) is 5.82 Å². The molecule has 7 nitrogen and oxygen atoms in total. The van der Waals surface area contributed by atoms with Gasteiger partial charge in [-0.05, 0) is 25.5 Å². The summed E-state index contributed by atoms with van der Waals surface area (Å²) >= 11 is 0. The molecular weight excluding hydrogens is 284 g/mol. The van der Waals surface area contributed by atoms with Gasteiger partial charge in [-0.1, -0.05) is 0 Å². The molecule has 1 amide bonds. The summed E-state index contributed by atoms with van der Waals surface area (Å²) in [6, 6.07) is 3.75. The third kappa shape index (κ3) is 2.18. The first-order chi connectivity index (χ1) is 10.4. The van der Waals surface area contributed by atoms with Crippen LogP contribution in [0.5, 0.6) is 0 Å². The second kappa shape index (κ2) is 5.01. The number of likely N-dealkylation sites (tertiary alicyclic amines) is 1. The van der Waals surface area contributed by atoms with E-state index in [1.165, 1.54) is 6.20 Å². The number of hydrogen-bond donors (Lipinski definition) is 1. The van der Waals surface area contributed by atoms with E-state index < -0.39 is 11.4 Å². The highest BCUT2D eigenvalue weighted by molar-refractivity contribution is 5.97. The molecule has 0 saturated carbocycles. The van der Waals surface area contributed by atoms with Crippen molar-refractivity contribution < 1.29 is 14.7 Å². The number of rotatable bonds is 3. The van der Waals surface area contributed by atoms with Crippen molar-refractivity contribution in [1.29, 1.82) is 0 Å². The summed E-state index contributed by atoms with van der Waals surface area (Å²) in [5, 5.41) is 13.5. The van der Waals surface area contributed by atoms with Crippen molar-refractivity contribution in [2.75, 3.05) is 13.1 Å². The lowest BCUT2D eigenvalue weighted by molar-refractivity contribution is -0.147. The Morgan fingerprint density at radius 1 is 1.32 bits per heavy atom. The minimum Gasteiger partial charge on any atom is -0.481 e. The number of nitrogens with zero attached hydrogens (tertiary/aromatic N) is 4. The molecule has 0 unspecified atom stereocenters. The van der Waals surface area contributed by atoms with E-state index in [0.29, 0.717) is 24.3 Å². The molecule has 0 aromatic carbocycles. The van der Waals surface area contributed by atoms with Crippen molar-refractivity contribution in [3.8, 4) is 5.82 Å². The Morgan fingerprint density at radius 2 is 2.00 bits per heavy atom. The Labute approximate surface area is 127 Å². The third-order valence-corrected chi connectivity index (χ3v) is 4.26. The largest absolute Gasteiger partial charge is 0.481 e. The topological polar surface area (TPSA) is 80.4 Å². The number of hydrogen-bond acceptors (Lipinski definition) is 3. The highest BCUT2D eigenvalue weighted by atomic mass is 16.4. The Morgan fingerprint density at radius 3 is 2.59 bits per heavy atom. The van der Waals surface area contributed by atoms with Crippen LogP contribution >= 0.6 is 0 Å². The van der Waals surface area contributed by atoms with E-state index in [2.05, 4.69) is 5.10 Å². The molecule has 0 bridgehead atoms. The Balaban J connectivity index is 1.90. The quantitative estimate of drug-likeness (QED) is 0.922. The summed E-state index contributed by atoms with van der Waals surface area (Å²) in [7, 11) is 1.78. The molecule has 0 aliphatic carbocycles. The van der Waals surface area contributed by atoms with Gasteiger partial charge in [0.15, 0.2) is 0 Å². The molecule has 2 aromatic rings. The summed E-state index contributed by atoms with van der Waals surface area (Å²) in [6.07, 6.45) is 5.69. The van der Waals surface area contributed by atoms with E-state index in [0.717, 1.165) is 0 Å². The van der Waals surface area contributed by atoms with Crippen molar-refractivity contribution >= 4 is 11.9 Å². The van der Waals surface area contributed by atoms with Crippen LogP contribution in [-0.4, -0.2) is 49.3 Å². The second-order valence-corrected chi connectivity index (χ2v) is 5.94. The van der Waals surface area contributed by atoms with Crippen LogP contribution in [0.3, 0.4) is 0 Å². The van der Waals surface area contributed by atoms with Crippen LogP contribution in [0, 0.1) is 5.41 Å². The first kappa shape index (κ1) is 14.4. The maximum Gasteiger partial charge on any atom is 0.311 e. The minimum absolute atomic E-state index is 0.179. The van der Waals surface area contributed by atoms with Crippen LogP contribution in [0.2, 0.25) is 0 Å². The second-order valence-electron chi connectivity index (χ2n) is 5.94.